The lowest BCUT2D eigenvalue weighted by Gasteiger charge is -2.33. The summed E-state index contributed by atoms with van der Waals surface area (Å²) in [6.45, 7) is 2.73. The number of benzene rings is 2. The van der Waals surface area contributed by atoms with Gasteiger partial charge in [-0.2, -0.15) is 10.2 Å². The Bertz CT molecular complexity index is 1180. The highest BCUT2D eigenvalue weighted by Crippen LogP contribution is 2.32. The Morgan fingerprint density at radius 1 is 1.00 bits per heavy atom. The molecule has 3 aromatic rings. The summed E-state index contributed by atoms with van der Waals surface area (Å²) in [7, 11) is 0. The highest BCUT2D eigenvalue weighted by molar-refractivity contribution is 6.02. The van der Waals surface area contributed by atoms with Crippen molar-refractivity contribution in [2.75, 3.05) is 31.1 Å². The SMILES string of the molecule is O=C(Cc1cccc(F)c1)N1CCC(c2ccc(N(C(=O)C3CNC3)c3ccnnc3)cc2)CC1. The minimum Gasteiger partial charge on any atom is -0.342 e. The van der Waals surface area contributed by atoms with Crippen LogP contribution in [0.2, 0.25) is 0 Å². The molecule has 2 saturated heterocycles. The summed E-state index contributed by atoms with van der Waals surface area (Å²) in [6.07, 6.45) is 5.17. The van der Waals surface area contributed by atoms with Gasteiger partial charge >= 0.3 is 0 Å². The molecule has 1 aromatic heterocycles. The quantitative estimate of drug-likeness (QED) is 0.593. The average molecular weight is 474 g/mol. The van der Waals surface area contributed by atoms with E-state index in [1.54, 1.807) is 35.5 Å². The minimum atomic E-state index is -0.317. The van der Waals surface area contributed by atoms with E-state index in [0.29, 0.717) is 43.3 Å². The van der Waals surface area contributed by atoms with E-state index in [-0.39, 0.29) is 30.0 Å². The largest absolute Gasteiger partial charge is 0.342 e. The van der Waals surface area contributed by atoms with Crippen molar-refractivity contribution in [1.29, 1.82) is 0 Å². The van der Waals surface area contributed by atoms with Gasteiger partial charge in [0.05, 0.1) is 30.4 Å². The Morgan fingerprint density at radius 2 is 1.77 bits per heavy atom. The summed E-state index contributed by atoms with van der Waals surface area (Å²) in [5, 5.41) is 10.9. The predicted molar refractivity (Wildman–Crippen MR) is 131 cm³/mol. The third kappa shape index (κ3) is 5.22. The number of amides is 2. The topological polar surface area (TPSA) is 78.4 Å². The van der Waals surface area contributed by atoms with Crippen LogP contribution in [0.1, 0.15) is 29.9 Å². The lowest BCUT2D eigenvalue weighted by Crippen LogP contribution is -2.51. The third-order valence-electron chi connectivity index (χ3n) is 6.89. The van der Waals surface area contributed by atoms with Crippen molar-refractivity contribution in [3.05, 3.63) is 83.9 Å². The molecule has 0 spiro atoms. The smallest absolute Gasteiger partial charge is 0.237 e. The fourth-order valence-corrected chi connectivity index (χ4v) is 4.76. The summed E-state index contributed by atoms with van der Waals surface area (Å²) < 4.78 is 13.4. The Balaban J connectivity index is 1.23. The summed E-state index contributed by atoms with van der Waals surface area (Å²) in [5.41, 5.74) is 3.42. The van der Waals surface area contributed by atoms with Crippen LogP contribution in [0, 0.1) is 11.7 Å². The highest BCUT2D eigenvalue weighted by atomic mass is 19.1. The molecule has 8 heteroatoms. The van der Waals surface area contributed by atoms with Crippen molar-refractivity contribution in [2.45, 2.75) is 25.2 Å². The zero-order chi connectivity index (χ0) is 24.2. The molecule has 1 N–H and O–H groups in total. The Hall–Kier alpha value is -3.65. The number of hydrogen-bond donors (Lipinski definition) is 1. The van der Waals surface area contributed by atoms with E-state index in [4.69, 9.17) is 0 Å². The number of halogens is 1. The number of nitrogens with zero attached hydrogens (tertiary/aromatic N) is 4. The number of nitrogens with one attached hydrogen (secondary N) is 1. The first-order valence-corrected chi connectivity index (χ1v) is 12.0. The van der Waals surface area contributed by atoms with Crippen molar-refractivity contribution in [3.8, 4) is 0 Å². The fourth-order valence-electron chi connectivity index (χ4n) is 4.76. The molecular formula is C27H28FN5O2. The van der Waals surface area contributed by atoms with Crippen LogP contribution in [0.4, 0.5) is 15.8 Å². The number of aromatic nitrogens is 2. The van der Waals surface area contributed by atoms with Gasteiger partial charge in [0.2, 0.25) is 11.8 Å². The van der Waals surface area contributed by atoms with Crippen LogP contribution in [0.5, 0.6) is 0 Å². The highest BCUT2D eigenvalue weighted by Gasteiger charge is 2.31. The molecule has 0 saturated carbocycles. The molecule has 2 aliphatic heterocycles. The lowest BCUT2D eigenvalue weighted by atomic mass is 9.89. The lowest BCUT2D eigenvalue weighted by molar-refractivity contribution is -0.131. The number of anilines is 2. The zero-order valence-electron chi connectivity index (χ0n) is 19.4. The predicted octanol–water partition coefficient (Wildman–Crippen LogP) is 3.45. The molecule has 2 aromatic carbocycles. The standard InChI is InChI=1S/C27H28FN5O2/c28-23-3-1-2-19(14-23)15-26(34)32-12-9-21(10-13-32)20-4-6-24(7-5-20)33(25-8-11-30-31-18-25)27(35)22-16-29-17-22/h1-8,11,14,18,21-22,29H,9-10,12-13,15-17H2. The van der Waals surface area contributed by atoms with Gasteiger partial charge in [0, 0.05) is 31.9 Å². The van der Waals surface area contributed by atoms with Gasteiger partial charge in [-0.25, -0.2) is 4.39 Å². The van der Waals surface area contributed by atoms with E-state index < -0.39 is 0 Å². The Kier molecular flexibility index (Phi) is 6.81. The van der Waals surface area contributed by atoms with Crippen LogP contribution in [0.25, 0.3) is 0 Å². The zero-order valence-corrected chi connectivity index (χ0v) is 19.4. The van der Waals surface area contributed by atoms with Gasteiger partial charge < -0.3 is 10.2 Å². The first-order chi connectivity index (χ1) is 17.1. The summed E-state index contributed by atoms with van der Waals surface area (Å²) >= 11 is 0. The molecule has 35 heavy (non-hydrogen) atoms. The van der Waals surface area contributed by atoms with E-state index in [2.05, 4.69) is 27.6 Å². The van der Waals surface area contributed by atoms with E-state index in [1.165, 1.54) is 17.7 Å². The second kappa shape index (κ2) is 10.3. The van der Waals surface area contributed by atoms with Crippen LogP contribution >= 0.6 is 0 Å². The number of hydrogen-bond acceptors (Lipinski definition) is 5. The molecule has 5 rings (SSSR count). The van der Waals surface area contributed by atoms with Gasteiger partial charge in [-0.05, 0) is 60.2 Å². The van der Waals surface area contributed by atoms with Crippen molar-refractivity contribution in [2.24, 2.45) is 5.92 Å². The molecule has 2 aliphatic rings. The third-order valence-corrected chi connectivity index (χ3v) is 6.89. The molecule has 2 fully saturated rings. The molecule has 0 aliphatic carbocycles. The average Bonchev–Trinajstić information content (AvgIpc) is 2.84. The molecule has 0 bridgehead atoms. The van der Waals surface area contributed by atoms with Crippen LogP contribution < -0.4 is 10.2 Å². The van der Waals surface area contributed by atoms with Gasteiger partial charge in [-0.15, -0.1) is 0 Å². The number of carbonyl (C=O) groups is 2. The maximum Gasteiger partial charge on any atom is 0.237 e. The summed E-state index contributed by atoms with van der Waals surface area (Å²) in [4.78, 5) is 29.4. The normalized spacial score (nSPS) is 16.5. The van der Waals surface area contributed by atoms with Crippen molar-refractivity contribution in [1.82, 2.24) is 20.4 Å². The molecule has 0 unspecified atom stereocenters. The van der Waals surface area contributed by atoms with Gasteiger partial charge in [-0.3, -0.25) is 14.5 Å². The van der Waals surface area contributed by atoms with Gasteiger partial charge in [-0.1, -0.05) is 24.3 Å². The van der Waals surface area contributed by atoms with Crippen LogP contribution in [0.15, 0.2) is 67.0 Å². The van der Waals surface area contributed by atoms with Crippen LogP contribution in [-0.4, -0.2) is 53.1 Å². The van der Waals surface area contributed by atoms with Crippen LogP contribution in [-0.2, 0) is 16.0 Å². The second-order valence-electron chi connectivity index (χ2n) is 9.18. The molecule has 180 valence electrons. The van der Waals surface area contributed by atoms with Gasteiger partial charge in [0.1, 0.15) is 5.82 Å². The molecule has 0 radical (unpaired) electrons. The molecule has 3 heterocycles. The molecule has 7 nitrogen and oxygen atoms in total. The molecular weight excluding hydrogens is 445 g/mol. The molecule has 2 amide bonds. The summed E-state index contributed by atoms with van der Waals surface area (Å²) in [5.74, 6) is 0.0776. The van der Waals surface area contributed by atoms with Crippen molar-refractivity contribution < 1.29 is 14.0 Å². The van der Waals surface area contributed by atoms with E-state index in [9.17, 15) is 14.0 Å². The van der Waals surface area contributed by atoms with Crippen LogP contribution in [0.3, 0.4) is 0 Å². The Morgan fingerprint density at radius 3 is 2.40 bits per heavy atom. The van der Waals surface area contributed by atoms with E-state index in [1.807, 2.05) is 17.0 Å². The number of likely N-dealkylation sites (tertiary alicyclic amines) is 1. The van der Waals surface area contributed by atoms with Crippen molar-refractivity contribution in [3.63, 3.8) is 0 Å². The van der Waals surface area contributed by atoms with E-state index >= 15 is 0 Å². The minimum absolute atomic E-state index is 0.0370. The molecule has 0 atom stereocenters. The van der Waals surface area contributed by atoms with Gasteiger partial charge in [0.25, 0.3) is 0 Å². The number of rotatable bonds is 6. The first-order valence-electron chi connectivity index (χ1n) is 12.0. The number of piperidine rings is 1. The first kappa shape index (κ1) is 23.1. The van der Waals surface area contributed by atoms with E-state index in [0.717, 1.165) is 18.5 Å². The second-order valence-corrected chi connectivity index (χ2v) is 9.18. The Labute approximate surface area is 204 Å². The maximum absolute atomic E-state index is 13.4. The van der Waals surface area contributed by atoms with Crippen molar-refractivity contribution >= 4 is 23.2 Å². The van der Waals surface area contributed by atoms with Gasteiger partial charge in [0.15, 0.2) is 0 Å². The maximum atomic E-state index is 13.4. The fraction of sp³-hybridized carbons (Fsp3) is 0.333. The monoisotopic (exact) mass is 473 g/mol. The summed E-state index contributed by atoms with van der Waals surface area (Å²) in [6, 6.07) is 16.2. The number of carbonyl (C=O) groups excluding carboxylic acids is 2.